The van der Waals surface area contributed by atoms with E-state index in [1.807, 2.05) is 13.8 Å². The summed E-state index contributed by atoms with van der Waals surface area (Å²) in [5.41, 5.74) is 4.98. The summed E-state index contributed by atoms with van der Waals surface area (Å²) in [5.74, 6) is 0.522. The topological polar surface area (TPSA) is 58.4 Å². The van der Waals surface area contributed by atoms with Crippen molar-refractivity contribution in [2.24, 2.45) is 11.7 Å². The third-order valence-corrected chi connectivity index (χ3v) is 4.29. The molecule has 0 radical (unpaired) electrons. The molecule has 1 fully saturated rings. The molecule has 1 aliphatic carbocycles. The highest BCUT2D eigenvalue weighted by Gasteiger charge is 2.31. The number of carbonyl (C=O) groups is 1. The minimum absolute atomic E-state index is 0.237. The first-order chi connectivity index (χ1) is 9.39. The number of carbonyl (C=O) groups excluding carboxylic acids is 1. The number of nitrogens with zero attached hydrogens (tertiary/aromatic N) is 1. The number of hydrogen-bond donors (Lipinski definition) is 2. The second kappa shape index (κ2) is 7.99. The first-order valence-corrected chi connectivity index (χ1v) is 8.18. The van der Waals surface area contributed by atoms with Crippen LogP contribution in [-0.2, 0) is 4.79 Å². The fourth-order valence-electron chi connectivity index (χ4n) is 2.67. The van der Waals surface area contributed by atoms with Crippen molar-refractivity contribution < 1.29 is 4.79 Å². The van der Waals surface area contributed by atoms with E-state index >= 15 is 0 Å². The Hall–Kier alpha value is -0.610. The van der Waals surface area contributed by atoms with Crippen molar-refractivity contribution in [3.63, 3.8) is 0 Å². The Bertz CT molecular complexity index is 302. The Morgan fingerprint density at radius 3 is 2.50 bits per heavy atom. The SMILES string of the molecule is CCNC(C)(CCCN(CCC(C)C)C1CC1)C(N)=O. The third-order valence-electron chi connectivity index (χ3n) is 4.29. The molecule has 1 aliphatic rings. The zero-order valence-electron chi connectivity index (χ0n) is 13.7. The highest BCUT2D eigenvalue weighted by Crippen LogP contribution is 2.28. The van der Waals surface area contributed by atoms with Crippen LogP contribution in [0.2, 0.25) is 0 Å². The van der Waals surface area contributed by atoms with Crippen LogP contribution in [0.3, 0.4) is 0 Å². The average Bonchev–Trinajstić information content (AvgIpc) is 3.17. The monoisotopic (exact) mass is 283 g/mol. The van der Waals surface area contributed by atoms with E-state index in [1.165, 1.54) is 25.8 Å². The molecule has 0 heterocycles. The van der Waals surface area contributed by atoms with E-state index in [0.717, 1.165) is 37.9 Å². The normalized spacial score (nSPS) is 18.5. The molecule has 1 saturated carbocycles. The van der Waals surface area contributed by atoms with Crippen LogP contribution < -0.4 is 11.1 Å². The highest BCUT2D eigenvalue weighted by molar-refractivity contribution is 5.84. The summed E-state index contributed by atoms with van der Waals surface area (Å²) in [6.07, 6.45) is 5.80. The second-order valence-corrected chi connectivity index (χ2v) is 6.78. The van der Waals surface area contributed by atoms with Crippen LogP contribution in [0, 0.1) is 5.92 Å². The smallest absolute Gasteiger partial charge is 0.237 e. The summed E-state index contributed by atoms with van der Waals surface area (Å²) in [6, 6.07) is 0.799. The van der Waals surface area contributed by atoms with E-state index in [-0.39, 0.29) is 5.91 Å². The predicted molar refractivity (Wildman–Crippen MR) is 84.6 cm³/mol. The van der Waals surface area contributed by atoms with Crippen LogP contribution in [0.1, 0.15) is 59.8 Å². The molecule has 4 nitrogen and oxygen atoms in total. The van der Waals surface area contributed by atoms with E-state index in [0.29, 0.717) is 0 Å². The van der Waals surface area contributed by atoms with Gasteiger partial charge in [-0.25, -0.2) is 0 Å². The molecule has 0 aliphatic heterocycles. The molecule has 1 amide bonds. The Morgan fingerprint density at radius 1 is 1.40 bits per heavy atom. The molecular weight excluding hydrogens is 250 g/mol. The van der Waals surface area contributed by atoms with Gasteiger partial charge in [-0.05, 0) is 64.6 Å². The molecule has 1 atom stereocenters. The first kappa shape index (κ1) is 17.4. The van der Waals surface area contributed by atoms with Gasteiger partial charge in [0.1, 0.15) is 0 Å². The van der Waals surface area contributed by atoms with Crippen LogP contribution in [0.4, 0.5) is 0 Å². The lowest BCUT2D eigenvalue weighted by atomic mass is 9.94. The van der Waals surface area contributed by atoms with Gasteiger partial charge in [0.15, 0.2) is 0 Å². The van der Waals surface area contributed by atoms with Crippen molar-refractivity contribution in [3.8, 4) is 0 Å². The van der Waals surface area contributed by atoms with Gasteiger partial charge in [-0.15, -0.1) is 0 Å². The summed E-state index contributed by atoms with van der Waals surface area (Å²) < 4.78 is 0. The van der Waals surface area contributed by atoms with E-state index in [2.05, 4.69) is 24.1 Å². The van der Waals surface area contributed by atoms with E-state index in [1.54, 1.807) is 0 Å². The minimum Gasteiger partial charge on any atom is -0.368 e. The van der Waals surface area contributed by atoms with Gasteiger partial charge in [0.2, 0.25) is 5.91 Å². The molecule has 4 heteroatoms. The summed E-state index contributed by atoms with van der Waals surface area (Å²) in [4.78, 5) is 14.2. The standard InChI is InChI=1S/C16H33N3O/c1-5-18-16(4,15(17)20)10-6-11-19(14-7-8-14)12-9-13(2)3/h13-14,18H,5-12H2,1-4H3,(H2,17,20). The summed E-state index contributed by atoms with van der Waals surface area (Å²) in [7, 11) is 0. The van der Waals surface area contributed by atoms with Gasteiger partial charge in [-0.1, -0.05) is 20.8 Å². The molecule has 1 rings (SSSR count). The quantitative estimate of drug-likeness (QED) is 0.611. The molecule has 0 spiro atoms. The Balaban J connectivity index is 2.36. The lowest BCUT2D eigenvalue weighted by Gasteiger charge is -2.29. The fraction of sp³-hybridized carbons (Fsp3) is 0.938. The predicted octanol–water partition coefficient (Wildman–Crippen LogP) is 2.13. The maximum Gasteiger partial charge on any atom is 0.237 e. The zero-order chi connectivity index (χ0) is 15.2. The molecule has 1 unspecified atom stereocenters. The molecule has 0 aromatic heterocycles. The Kier molecular flexibility index (Phi) is 6.96. The minimum atomic E-state index is -0.554. The van der Waals surface area contributed by atoms with Crippen molar-refractivity contribution in [2.75, 3.05) is 19.6 Å². The van der Waals surface area contributed by atoms with E-state index in [4.69, 9.17) is 5.73 Å². The molecule has 0 aromatic rings. The number of nitrogens with one attached hydrogen (secondary N) is 1. The van der Waals surface area contributed by atoms with Crippen molar-refractivity contribution >= 4 is 5.91 Å². The van der Waals surface area contributed by atoms with Crippen LogP contribution in [0.5, 0.6) is 0 Å². The van der Waals surface area contributed by atoms with Crippen molar-refractivity contribution in [3.05, 3.63) is 0 Å². The van der Waals surface area contributed by atoms with Gasteiger partial charge in [0.25, 0.3) is 0 Å². The second-order valence-electron chi connectivity index (χ2n) is 6.78. The van der Waals surface area contributed by atoms with Crippen molar-refractivity contribution in [2.45, 2.75) is 71.4 Å². The van der Waals surface area contributed by atoms with Gasteiger partial charge in [0.05, 0.1) is 5.54 Å². The highest BCUT2D eigenvalue weighted by atomic mass is 16.1. The molecule has 118 valence electrons. The third kappa shape index (κ3) is 5.80. The zero-order valence-corrected chi connectivity index (χ0v) is 13.7. The maximum absolute atomic E-state index is 11.6. The molecule has 20 heavy (non-hydrogen) atoms. The Morgan fingerprint density at radius 2 is 2.05 bits per heavy atom. The maximum atomic E-state index is 11.6. The number of hydrogen-bond acceptors (Lipinski definition) is 3. The van der Waals surface area contributed by atoms with Crippen LogP contribution in [0.15, 0.2) is 0 Å². The number of amides is 1. The number of rotatable bonds is 11. The fourth-order valence-corrected chi connectivity index (χ4v) is 2.67. The first-order valence-electron chi connectivity index (χ1n) is 8.18. The van der Waals surface area contributed by atoms with Gasteiger partial charge >= 0.3 is 0 Å². The van der Waals surface area contributed by atoms with Gasteiger partial charge in [0, 0.05) is 6.04 Å². The van der Waals surface area contributed by atoms with Crippen LogP contribution >= 0.6 is 0 Å². The Labute approximate surface area is 124 Å². The van der Waals surface area contributed by atoms with Crippen LogP contribution in [-0.4, -0.2) is 42.0 Å². The number of primary amides is 1. The largest absolute Gasteiger partial charge is 0.368 e. The van der Waals surface area contributed by atoms with Crippen LogP contribution in [0.25, 0.3) is 0 Å². The van der Waals surface area contributed by atoms with E-state index < -0.39 is 5.54 Å². The molecule has 3 N–H and O–H groups in total. The lowest BCUT2D eigenvalue weighted by Crippen LogP contribution is -2.53. The van der Waals surface area contributed by atoms with Crippen molar-refractivity contribution in [1.29, 1.82) is 0 Å². The summed E-state index contributed by atoms with van der Waals surface area (Å²) in [6.45, 7) is 11.6. The average molecular weight is 283 g/mol. The molecule has 0 saturated heterocycles. The summed E-state index contributed by atoms with van der Waals surface area (Å²) in [5, 5.41) is 3.23. The van der Waals surface area contributed by atoms with Gasteiger partial charge < -0.3 is 16.0 Å². The molecule has 0 aromatic carbocycles. The van der Waals surface area contributed by atoms with E-state index in [9.17, 15) is 4.79 Å². The number of nitrogens with two attached hydrogens (primary N) is 1. The molecule has 0 bridgehead atoms. The number of likely N-dealkylation sites (N-methyl/N-ethyl adjacent to an activating group) is 1. The van der Waals surface area contributed by atoms with Crippen molar-refractivity contribution in [1.82, 2.24) is 10.2 Å². The van der Waals surface area contributed by atoms with Gasteiger partial charge in [-0.3, -0.25) is 4.79 Å². The lowest BCUT2D eigenvalue weighted by molar-refractivity contribution is -0.124. The van der Waals surface area contributed by atoms with Gasteiger partial charge in [-0.2, -0.15) is 0 Å². The summed E-state index contributed by atoms with van der Waals surface area (Å²) >= 11 is 0. The molecular formula is C16H33N3O.